The first kappa shape index (κ1) is 28.7. The van der Waals surface area contributed by atoms with Gasteiger partial charge in [-0.2, -0.15) is 0 Å². The number of hydrogen-bond acceptors (Lipinski definition) is 0. The maximum absolute atomic E-state index is 2.81. The van der Waals surface area contributed by atoms with Crippen molar-refractivity contribution in [3.63, 3.8) is 0 Å². The summed E-state index contributed by atoms with van der Waals surface area (Å²) in [5.41, 5.74) is 12.8. The molecule has 0 saturated heterocycles. The molecule has 0 heterocycles. The van der Waals surface area contributed by atoms with Crippen LogP contribution >= 0.6 is 0 Å². The molecule has 0 unspecified atom stereocenters. The van der Waals surface area contributed by atoms with E-state index in [0.717, 1.165) is 0 Å². The number of rotatable bonds is 5. The van der Waals surface area contributed by atoms with Gasteiger partial charge >= 0.3 is 229 Å². The molecule has 0 fully saturated rings. The van der Waals surface area contributed by atoms with Crippen LogP contribution in [0.1, 0.15) is 80.5 Å². The van der Waals surface area contributed by atoms with Gasteiger partial charge in [-0.3, -0.25) is 0 Å². The predicted octanol–water partition coefficient (Wildman–Crippen LogP) is 8.40. The molecule has 0 nitrogen and oxygen atoms in total. The van der Waals surface area contributed by atoms with Gasteiger partial charge in [-0.25, -0.2) is 0 Å². The van der Waals surface area contributed by atoms with E-state index in [2.05, 4.69) is 143 Å². The van der Waals surface area contributed by atoms with Crippen LogP contribution in [0, 0.1) is 41.5 Å². The van der Waals surface area contributed by atoms with Crippen molar-refractivity contribution in [2.75, 3.05) is 0 Å². The molecule has 0 bridgehead atoms. The van der Waals surface area contributed by atoms with Gasteiger partial charge in [-0.05, 0) is 0 Å². The summed E-state index contributed by atoms with van der Waals surface area (Å²) in [5, 5.41) is 0.530. The third kappa shape index (κ3) is 6.34. The Morgan fingerprint density at radius 2 is 0.972 bits per heavy atom. The van der Waals surface area contributed by atoms with Crippen LogP contribution in [-0.4, -0.2) is 23.1 Å². The molecule has 3 aromatic carbocycles. The first-order valence-electron chi connectivity index (χ1n) is 13.3. The van der Waals surface area contributed by atoms with Gasteiger partial charge in [0.05, 0.1) is 0 Å². The van der Waals surface area contributed by atoms with Gasteiger partial charge in [0.1, 0.15) is 0 Å². The van der Waals surface area contributed by atoms with Crippen molar-refractivity contribution in [1.82, 2.24) is 0 Å². The topological polar surface area (TPSA) is 0 Å². The van der Waals surface area contributed by atoms with E-state index in [-0.39, 0.29) is 10.1 Å². The Kier molecular flexibility index (Phi) is 8.68. The van der Waals surface area contributed by atoms with E-state index in [1.54, 1.807) is 13.2 Å². The predicted molar refractivity (Wildman–Crippen MR) is 166 cm³/mol. The molecule has 0 amide bonds. The second-order valence-corrected chi connectivity index (χ2v) is 21.7. The second-order valence-electron chi connectivity index (χ2n) is 12.8. The van der Waals surface area contributed by atoms with Crippen LogP contribution in [-0.2, 0) is 0 Å². The molecule has 0 aliphatic carbocycles. The molecule has 0 aliphatic heterocycles. The molecule has 0 saturated carbocycles. The van der Waals surface area contributed by atoms with E-state index in [9.17, 15) is 0 Å². The monoisotopic (exact) mass is 556 g/mol. The summed E-state index contributed by atoms with van der Waals surface area (Å²) in [6.07, 6.45) is 0. The standard InChI is InChI=1S/C34H46GeSi/c1-23-18-25(3)31(26(4)19-23)35(32-27(5)20-24(2)21-28(32)6)30(29-16-14-13-15-17-29)22-36(33(7,8)9)34(10,11)12/h13-22H,1-12H3/b30-22-. The van der Waals surface area contributed by atoms with Crippen LogP contribution in [0.3, 0.4) is 0 Å². The molecule has 0 aliphatic rings. The van der Waals surface area contributed by atoms with Crippen molar-refractivity contribution in [3.05, 3.63) is 99.2 Å². The Labute approximate surface area is 228 Å². The fourth-order valence-corrected chi connectivity index (χ4v) is 18.2. The average Bonchev–Trinajstić information content (AvgIpc) is 2.71. The Bertz CT molecular complexity index is 1140. The van der Waals surface area contributed by atoms with Crippen molar-refractivity contribution in [1.29, 1.82) is 0 Å². The maximum atomic E-state index is 2.81. The molecule has 0 N–H and O–H groups in total. The fraction of sp³-hybridized carbons (Fsp3) is 0.412. The summed E-state index contributed by atoms with van der Waals surface area (Å²) in [5.74, 6) is 0. The molecular formula is C34H46GeSi. The SMILES string of the molecule is Cc1cc(C)[c]([Ge](/[C](=C\[Si](C(C)(C)C)C(C)(C)C)c2ccccc2)[c]2c(C)cc(C)cc2C)c(C)c1. The average molecular weight is 555 g/mol. The van der Waals surface area contributed by atoms with Crippen molar-refractivity contribution in [3.8, 4) is 0 Å². The Balaban J connectivity index is 2.51. The van der Waals surface area contributed by atoms with Crippen molar-refractivity contribution >= 4 is 36.3 Å². The van der Waals surface area contributed by atoms with Crippen LogP contribution in [0.15, 0.2) is 60.3 Å². The molecule has 0 aromatic heterocycles. The molecular weight excluding hydrogens is 509 g/mol. The quantitative estimate of drug-likeness (QED) is 0.278. The molecule has 2 heteroatoms. The van der Waals surface area contributed by atoms with E-state index in [1.807, 2.05) is 0 Å². The number of hydrogen-bond donors (Lipinski definition) is 0. The van der Waals surface area contributed by atoms with E-state index in [0.29, 0.717) is 0 Å². The van der Waals surface area contributed by atoms with Gasteiger partial charge in [-0.15, -0.1) is 0 Å². The molecule has 0 atom stereocenters. The van der Waals surface area contributed by atoms with Crippen molar-refractivity contribution < 1.29 is 0 Å². The van der Waals surface area contributed by atoms with E-state index in [1.165, 1.54) is 38.9 Å². The van der Waals surface area contributed by atoms with Gasteiger partial charge in [-0.1, -0.05) is 0 Å². The molecule has 3 aromatic rings. The first-order chi connectivity index (χ1) is 16.6. The number of benzene rings is 3. The van der Waals surface area contributed by atoms with Gasteiger partial charge in [0.15, 0.2) is 0 Å². The molecule has 3 rings (SSSR count). The normalized spacial score (nSPS) is 13.1. The fourth-order valence-electron chi connectivity index (χ4n) is 6.16. The molecule has 0 spiro atoms. The zero-order valence-electron chi connectivity index (χ0n) is 24.8. The van der Waals surface area contributed by atoms with Gasteiger partial charge in [0.25, 0.3) is 0 Å². The van der Waals surface area contributed by atoms with Crippen LogP contribution in [0.2, 0.25) is 10.1 Å². The van der Waals surface area contributed by atoms with Crippen LogP contribution in [0.5, 0.6) is 0 Å². The summed E-state index contributed by atoms with van der Waals surface area (Å²) < 4.78 is 4.91. The summed E-state index contributed by atoms with van der Waals surface area (Å²) in [6, 6.07) is 21.0. The van der Waals surface area contributed by atoms with Crippen LogP contribution < -0.4 is 8.79 Å². The summed E-state index contributed by atoms with van der Waals surface area (Å²) in [4.78, 5) is 0. The summed E-state index contributed by atoms with van der Waals surface area (Å²) in [7, 11) is -0.867. The van der Waals surface area contributed by atoms with Gasteiger partial charge < -0.3 is 0 Å². The minimum atomic E-state index is -2.20. The minimum absolute atomic E-state index is 0.265. The zero-order chi connectivity index (χ0) is 27.0. The molecule has 190 valence electrons. The number of aryl methyl sites for hydroxylation is 6. The summed E-state index contributed by atoms with van der Waals surface area (Å²) in [6.45, 7) is 28.6. The van der Waals surface area contributed by atoms with Gasteiger partial charge in [0.2, 0.25) is 0 Å². The third-order valence-corrected chi connectivity index (χ3v) is 19.0. The van der Waals surface area contributed by atoms with E-state index < -0.39 is 23.1 Å². The Hall–Kier alpha value is -1.84. The zero-order valence-corrected chi connectivity index (χ0v) is 27.9. The third-order valence-electron chi connectivity index (χ3n) is 7.11. The first-order valence-corrected chi connectivity index (χ1v) is 18.0. The Morgan fingerprint density at radius 1 is 0.611 bits per heavy atom. The van der Waals surface area contributed by atoms with E-state index >= 15 is 0 Å². The van der Waals surface area contributed by atoms with Crippen LogP contribution in [0.25, 0.3) is 4.41 Å². The van der Waals surface area contributed by atoms with Gasteiger partial charge in [0, 0.05) is 0 Å². The van der Waals surface area contributed by atoms with Crippen molar-refractivity contribution in [2.45, 2.75) is 93.2 Å². The van der Waals surface area contributed by atoms with Crippen molar-refractivity contribution in [2.24, 2.45) is 0 Å². The Morgan fingerprint density at radius 3 is 1.31 bits per heavy atom. The van der Waals surface area contributed by atoms with Crippen LogP contribution in [0.4, 0.5) is 0 Å². The van der Waals surface area contributed by atoms with E-state index in [4.69, 9.17) is 0 Å². The summed E-state index contributed by atoms with van der Waals surface area (Å²) >= 11 is -2.20. The molecule has 2 radical (unpaired) electrons. The molecule has 36 heavy (non-hydrogen) atoms. The second kappa shape index (κ2) is 10.9.